The van der Waals surface area contributed by atoms with Crippen molar-refractivity contribution in [1.82, 2.24) is 0 Å². The number of benzene rings is 2. The second-order valence-corrected chi connectivity index (χ2v) is 6.25. The molecule has 26 heavy (non-hydrogen) atoms. The predicted octanol–water partition coefficient (Wildman–Crippen LogP) is 3.83. The predicted molar refractivity (Wildman–Crippen MR) is 103 cm³/mol. The first-order chi connectivity index (χ1) is 12.6. The zero-order valence-electron chi connectivity index (χ0n) is 15.8. The van der Waals surface area contributed by atoms with Gasteiger partial charge in [-0.25, -0.2) is 0 Å². The fourth-order valence-corrected chi connectivity index (χ4v) is 2.80. The zero-order chi connectivity index (χ0) is 18.9. The molecule has 0 saturated heterocycles. The minimum atomic E-state index is -0.646. The summed E-state index contributed by atoms with van der Waals surface area (Å²) in [5, 5.41) is 10.4. The van der Waals surface area contributed by atoms with E-state index in [1.54, 1.807) is 26.4 Å². The van der Waals surface area contributed by atoms with Crippen LogP contribution in [-0.2, 0) is 6.61 Å². The summed E-state index contributed by atoms with van der Waals surface area (Å²) in [4.78, 5) is 0. The molecule has 0 aliphatic carbocycles. The van der Waals surface area contributed by atoms with E-state index < -0.39 is 12.1 Å². The Labute approximate surface area is 155 Å². The van der Waals surface area contributed by atoms with Crippen LogP contribution >= 0.6 is 0 Å². The van der Waals surface area contributed by atoms with Crippen LogP contribution in [-0.4, -0.2) is 25.4 Å². The lowest BCUT2D eigenvalue weighted by molar-refractivity contribution is 0.130. The van der Waals surface area contributed by atoms with E-state index >= 15 is 0 Å². The molecule has 142 valence electrons. The first kappa shape index (κ1) is 20.1. The minimum absolute atomic E-state index is 0.404. The quantitative estimate of drug-likeness (QED) is 0.674. The van der Waals surface area contributed by atoms with E-state index in [1.165, 1.54) is 0 Å². The summed E-state index contributed by atoms with van der Waals surface area (Å²) >= 11 is 0. The Hall–Kier alpha value is -2.24. The number of nitrogens with two attached hydrogens (primary N) is 1. The van der Waals surface area contributed by atoms with E-state index in [4.69, 9.17) is 19.9 Å². The molecule has 0 radical (unpaired) electrons. The molecular weight excluding hydrogens is 330 g/mol. The Morgan fingerprint density at radius 2 is 1.65 bits per heavy atom. The minimum Gasteiger partial charge on any atom is -0.493 e. The van der Waals surface area contributed by atoms with Gasteiger partial charge in [0, 0.05) is 11.6 Å². The van der Waals surface area contributed by atoms with E-state index in [0.29, 0.717) is 35.8 Å². The summed E-state index contributed by atoms with van der Waals surface area (Å²) in [6.45, 7) is 2.49. The van der Waals surface area contributed by atoms with E-state index in [-0.39, 0.29) is 0 Å². The zero-order valence-corrected chi connectivity index (χ0v) is 15.8. The summed E-state index contributed by atoms with van der Waals surface area (Å²) in [6, 6.07) is 12.9. The summed E-state index contributed by atoms with van der Waals surface area (Å²) in [6.07, 6.45) is 1.92. The lowest BCUT2D eigenvalue weighted by Gasteiger charge is -2.23. The molecule has 3 N–H and O–H groups in total. The largest absolute Gasteiger partial charge is 0.493 e. The van der Waals surface area contributed by atoms with Crippen molar-refractivity contribution in [1.29, 1.82) is 0 Å². The van der Waals surface area contributed by atoms with Crippen molar-refractivity contribution in [2.75, 3.05) is 14.2 Å². The highest BCUT2D eigenvalue weighted by molar-refractivity contribution is 5.52. The van der Waals surface area contributed by atoms with Gasteiger partial charge < -0.3 is 25.1 Å². The number of hydrogen-bond acceptors (Lipinski definition) is 5. The SMILES string of the molecule is CCCC[C@H](O)[C@H](N)c1cc(OC)c(OC)cc1OCc1ccccc1. The van der Waals surface area contributed by atoms with Crippen LogP contribution in [0.2, 0.25) is 0 Å². The number of unbranched alkanes of at least 4 members (excludes halogenated alkanes) is 1. The number of ether oxygens (including phenoxy) is 3. The average molecular weight is 359 g/mol. The average Bonchev–Trinajstić information content (AvgIpc) is 2.69. The normalized spacial score (nSPS) is 13.1. The van der Waals surface area contributed by atoms with Crippen molar-refractivity contribution in [3.05, 3.63) is 53.6 Å². The molecule has 0 aliphatic heterocycles. The third kappa shape index (κ3) is 5.13. The molecule has 0 heterocycles. The highest BCUT2D eigenvalue weighted by Gasteiger charge is 2.23. The lowest BCUT2D eigenvalue weighted by atomic mass is 9.97. The Bertz CT molecular complexity index is 675. The van der Waals surface area contributed by atoms with Crippen LogP contribution in [0.4, 0.5) is 0 Å². The van der Waals surface area contributed by atoms with Gasteiger partial charge in [0.2, 0.25) is 0 Å². The van der Waals surface area contributed by atoms with Crippen LogP contribution in [0.1, 0.15) is 43.4 Å². The van der Waals surface area contributed by atoms with Crippen LogP contribution in [0.5, 0.6) is 17.2 Å². The number of aliphatic hydroxyl groups excluding tert-OH is 1. The highest BCUT2D eigenvalue weighted by atomic mass is 16.5. The summed E-state index contributed by atoms with van der Waals surface area (Å²) in [7, 11) is 3.15. The maximum Gasteiger partial charge on any atom is 0.164 e. The molecule has 0 fully saturated rings. The molecule has 0 bridgehead atoms. The lowest BCUT2D eigenvalue weighted by Crippen LogP contribution is -2.26. The summed E-state index contributed by atoms with van der Waals surface area (Å²) in [5.41, 5.74) is 8.10. The van der Waals surface area contributed by atoms with Gasteiger partial charge in [-0.3, -0.25) is 0 Å². The van der Waals surface area contributed by atoms with Crippen molar-refractivity contribution in [3.8, 4) is 17.2 Å². The van der Waals surface area contributed by atoms with Gasteiger partial charge in [-0.2, -0.15) is 0 Å². The molecule has 2 rings (SSSR count). The topological polar surface area (TPSA) is 73.9 Å². The van der Waals surface area contributed by atoms with Crippen LogP contribution in [0.15, 0.2) is 42.5 Å². The van der Waals surface area contributed by atoms with Crippen molar-refractivity contribution >= 4 is 0 Å². The number of aliphatic hydroxyl groups is 1. The molecule has 0 aliphatic rings. The Morgan fingerprint density at radius 3 is 2.27 bits per heavy atom. The molecule has 0 spiro atoms. The molecule has 5 nitrogen and oxygen atoms in total. The monoisotopic (exact) mass is 359 g/mol. The van der Waals surface area contributed by atoms with E-state index in [1.807, 2.05) is 30.3 Å². The standard InChI is InChI=1S/C21H29NO4/c1-4-5-11-17(23)21(22)16-12-19(24-2)20(25-3)13-18(16)26-14-15-9-7-6-8-10-15/h6-10,12-13,17,21,23H,4-5,11,14,22H2,1-3H3/t17-,21+/m0/s1. The molecule has 2 aromatic rings. The van der Waals surface area contributed by atoms with Crippen LogP contribution < -0.4 is 19.9 Å². The van der Waals surface area contributed by atoms with Gasteiger partial charge in [-0.1, -0.05) is 50.1 Å². The van der Waals surface area contributed by atoms with Gasteiger partial charge in [0.15, 0.2) is 11.5 Å². The molecular formula is C21H29NO4. The first-order valence-corrected chi connectivity index (χ1v) is 8.97. The molecule has 5 heteroatoms. The van der Waals surface area contributed by atoms with Crippen molar-refractivity contribution in [3.63, 3.8) is 0 Å². The fraction of sp³-hybridized carbons (Fsp3) is 0.429. The van der Waals surface area contributed by atoms with E-state index in [2.05, 4.69) is 6.92 Å². The second-order valence-electron chi connectivity index (χ2n) is 6.25. The van der Waals surface area contributed by atoms with Gasteiger partial charge in [0.05, 0.1) is 26.4 Å². The smallest absolute Gasteiger partial charge is 0.164 e. The fourth-order valence-electron chi connectivity index (χ4n) is 2.80. The molecule has 0 amide bonds. The maximum absolute atomic E-state index is 10.4. The van der Waals surface area contributed by atoms with E-state index in [9.17, 15) is 5.11 Å². The molecule has 2 atom stereocenters. The Morgan fingerprint density at radius 1 is 1.00 bits per heavy atom. The number of hydrogen-bond donors (Lipinski definition) is 2. The van der Waals surface area contributed by atoms with Crippen molar-refractivity contribution in [2.24, 2.45) is 5.73 Å². The highest BCUT2D eigenvalue weighted by Crippen LogP contribution is 2.38. The van der Waals surface area contributed by atoms with Crippen LogP contribution in [0.3, 0.4) is 0 Å². The molecule has 0 aromatic heterocycles. The third-order valence-corrected chi connectivity index (χ3v) is 4.38. The summed E-state index contributed by atoms with van der Waals surface area (Å²) < 4.78 is 16.8. The molecule has 2 aromatic carbocycles. The third-order valence-electron chi connectivity index (χ3n) is 4.38. The first-order valence-electron chi connectivity index (χ1n) is 8.97. The van der Waals surface area contributed by atoms with E-state index in [0.717, 1.165) is 18.4 Å². The number of rotatable bonds is 10. The summed E-state index contributed by atoms with van der Waals surface area (Å²) in [5.74, 6) is 1.72. The van der Waals surface area contributed by atoms with Gasteiger partial charge in [-0.15, -0.1) is 0 Å². The van der Waals surface area contributed by atoms with Crippen LogP contribution in [0.25, 0.3) is 0 Å². The van der Waals surface area contributed by atoms with Crippen molar-refractivity contribution < 1.29 is 19.3 Å². The molecule has 0 saturated carbocycles. The van der Waals surface area contributed by atoms with Crippen molar-refractivity contribution in [2.45, 2.75) is 44.9 Å². The van der Waals surface area contributed by atoms with Crippen LogP contribution in [0, 0.1) is 0 Å². The van der Waals surface area contributed by atoms with Gasteiger partial charge in [0.25, 0.3) is 0 Å². The Balaban J connectivity index is 2.30. The van der Waals surface area contributed by atoms with Gasteiger partial charge >= 0.3 is 0 Å². The van der Waals surface area contributed by atoms with Gasteiger partial charge in [0.1, 0.15) is 12.4 Å². The van der Waals surface area contributed by atoms with Gasteiger partial charge in [-0.05, 0) is 18.1 Å². The Kier molecular flexibility index (Phi) is 7.75. The second kappa shape index (κ2) is 10.0. The number of methoxy groups -OCH3 is 2. The maximum atomic E-state index is 10.4. The molecule has 0 unspecified atom stereocenters.